The molecule has 0 atom stereocenters. The lowest BCUT2D eigenvalue weighted by Gasteiger charge is -2.27. The SMILES string of the molecule is Cc1ccc(COc2c(Cl)cc(/C=N/NC(F)(F)C(F)(F)C(F)(F)F)cc2Cl)cc1. The molecule has 0 saturated carbocycles. The second kappa shape index (κ2) is 8.89. The number of rotatable bonds is 7. The molecular weight excluding hydrogens is 464 g/mol. The van der Waals surface area contributed by atoms with Crippen molar-refractivity contribution in [1.82, 2.24) is 5.43 Å². The topological polar surface area (TPSA) is 33.6 Å². The zero-order chi connectivity index (χ0) is 22.7. The maximum Gasteiger partial charge on any atom is 0.462 e. The lowest BCUT2D eigenvalue weighted by molar-refractivity contribution is -0.361. The summed E-state index contributed by atoms with van der Waals surface area (Å²) >= 11 is 12.0. The predicted octanol–water partition coefficient (Wildman–Crippen LogP) is 6.59. The summed E-state index contributed by atoms with van der Waals surface area (Å²) in [6.07, 6.45) is -5.91. The highest BCUT2D eigenvalue weighted by molar-refractivity contribution is 6.37. The van der Waals surface area contributed by atoms with Gasteiger partial charge in [0.2, 0.25) is 0 Å². The third-order valence-corrected chi connectivity index (χ3v) is 4.25. The Balaban J connectivity index is 2.10. The molecule has 0 amide bonds. The van der Waals surface area contributed by atoms with Crippen molar-refractivity contribution in [2.24, 2.45) is 5.10 Å². The van der Waals surface area contributed by atoms with Crippen LogP contribution >= 0.6 is 23.2 Å². The van der Waals surface area contributed by atoms with Crippen LogP contribution in [0.2, 0.25) is 10.0 Å². The quantitative estimate of drug-likeness (QED) is 0.211. The molecule has 2 aromatic carbocycles. The van der Waals surface area contributed by atoms with Gasteiger partial charge in [0.05, 0.1) is 16.3 Å². The molecular formula is C18H13Cl2F7N2O. The number of ether oxygens (including phenoxy) is 1. The summed E-state index contributed by atoms with van der Waals surface area (Å²) in [4.78, 5) is 0. The molecule has 2 aromatic rings. The number of benzene rings is 2. The van der Waals surface area contributed by atoms with Gasteiger partial charge >= 0.3 is 18.1 Å². The molecule has 0 aliphatic rings. The lowest BCUT2D eigenvalue weighted by atomic mass is 10.2. The van der Waals surface area contributed by atoms with E-state index in [0.717, 1.165) is 23.3 Å². The van der Waals surface area contributed by atoms with Gasteiger partial charge < -0.3 is 4.74 Å². The van der Waals surface area contributed by atoms with Crippen LogP contribution in [0.1, 0.15) is 16.7 Å². The fourth-order valence-electron chi connectivity index (χ4n) is 2.07. The Morgan fingerprint density at radius 3 is 2.00 bits per heavy atom. The first-order chi connectivity index (χ1) is 13.7. The van der Waals surface area contributed by atoms with Crippen LogP contribution in [0.25, 0.3) is 0 Å². The van der Waals surface area contributed by atoms with Crippen molar-refractivity contribution >= 4 is 29.4 Å². The number of hydrogen-bond donors (Lipinski definition) is 1. The summed E-state index contributed by atoms with van der Waals surface area (Å²) < 4.78 is 93.6. The Kier molecular flexibility index (Phi) is 7.13. The van der Waals surface area contributed by atoms with Gasteiger partial charge in [-0.15, -0.1) is 0 Å². The number of nitrogens with zero attached hydrogens (tertiary/aromatic N) is 1. The number of hydrazone groups is 1. The summed E-state index contributed by atoms with van der Waals surface area (Å²) in [5.74, 6) is -6.27. The van der Waals surface area contributed by atoms with Crippen molar-refractivity contribution in [3.63, 3.8) is 0 Å². The van der Waals surface area contributed by atoms with Crippen molar-refractivity contribution in [2.45, 2.75) is 31.7 Å². The minimum absolute atomic E-state index is 0.0497. The average molecular weight is 477 g/mol. The van der Waals surface area contributed by atoms with Gasteiger partial charge in [0, 0.05) is 0 Å². The molecule has 0 spiro atoms. The molecule has 0 saturated heterocycles. The van der Waals surface area contributed by atoms with Crippen molar-refractivity contribution in [3.8, 4) is 5.75 Å². The van der Waals surface area contributed by atoms with Crippen LogP contribution in [0.3, 0.4) is 0 Å². The molecule has 12 heteroatoms. The van der Waals surface area contributed by atoms with E-state index in [1.807, 2.05) is 31.2 Å². The van der Waals surface area contributed by atoms with E-state index in [1.54, 1.807) is 0 Å². The van der Waals surface area contributed by atoms with Gasteiger partial charge in [0.25, 0.3) is 0 Å². The third kappa shape index (κ3) is 5.48. The van der Waals surface area contributed by atoms with Crippen LogP contribution < -0.4 is 10.2 Å². The van der Waals surface area contributed by atoms with Crippen molar-refractivity contribution in [2.75, 3.05) is 0 Å². The molecule has 0 unspecified atom stereocenters. The monoisotopic (exact) mass is 476 g/mol. The van der Waals surface area contributed by atoms with Crippen LogP contribution in [0.15, 0.2) is 41.5 Å². The summed E-state index contributed by atoms with van der Waals surface area (Å²) in [5.41, 5.74) is 2.32. The van der Waals surface area contributed by atoms with E-state index >= 15 is 0 Å². The van der Waals surface area contributed by atoms with Crippen LogP contribution in [-0.2, 0) is 6.61 Å². The second-order valence-electron chi connectivity index (χ2n) is 6.10. The van der Waals surface area contributed by atoms with E-state index in [-0.39, 0.29) is 28.0 Å². The molecule has 0 fully saturated rings. The number of nitrogens with one attached hydrogen (secondary N) is 1. The fraction of sp³-hybridized carbons (Fsp3) is 0.278. The first-order valence-corrected chi connectivity index (χ1v) is 8.80. The first-order valence-electron chi connectivity index (χ1n) is 8.04. The van der Waals surface area contributed by atoms with E-state index in [2.05, 4.69) is 5.10 Å². The highest BCUT2D eigenvalue weighted by atomic mass is 35.5. The van der Waals surface area contributed by atoms with Crippen molar-refractivity contribution < 1.29 is 35.5 Å². The molecule has 3 nitrogen and oxygen atoms in total. The van der Waals surface area contributed by atoms with E-state index in [0.29, 0.717) is 11.6 Å². The minimum Gasteiger partial charge on any atom is -0.486 e. The maximum absolute atomic E-state index is 13.1. The lowest BCUT2D eigenvalue weighted by Crippen LogP contribution is -2.58. The molecule has 164 valence electrons. The van der Waals surface area contributed by atoms with Gasteiger partial charge in [0.1, 0.15) is 6.61 Å². The Bertz CT molecular complexity index is 893. The van der Waals surface area contributed by atoms with Crippen LogP contribution in [0.5, 0.6) is 5.75 Å². The average Bonchev–Trinajstić information content (AvgIpc) is 2.61. The van der Waals surface area contributed by atoms with Crippen molar-refractivity contribution in [1.29, 1.82) is 0 Å². The van der Waals surface area contributed by atoms with Crippen LogP contribution in [-0.4, -0.2) is 24.4 Å². The summed E-state index contributed by atoms with van der Waals surface area (Å²) in [5, 5.41) is 2.64. The minimum atomic E-state index is -6.47. The molecule has 0 radical (unpaired) electrons. The molecule has 0 aliphatic heterocycles. The molecule has 30 heavy (non-hydrogen) atoms. The molecule has 0 bridgehead atoms. The standard InChI is InChI=1S/C18H13Cl2F7N2O/c1-10-2-4-11(5-3-10)9-30-15-13(19)6-12(7-14(15)20)8-28-29-18(26,27)16(21,22)17(23,24)25/h2-8,29H,9H2,1H3/b28-8+. The Morgan fingerprint density at radius 1 is 0.967 bits per heavy atom. The zero-order valence-corrected chi connectivity index (χ0v) is 16.5. The van der Waals surface area contributed by atoms with Crippen LogP contribution in [0, 0.1) is 6.92 Å². The second-order valence-corrected chi connectivity index (χ2v) is 6.92. The summed E-state index contributed by atoms with van der Waals surface area (Å²) in [6, 6.07) is 4.01. The Morgan fingerprint density at radius 2 is 1.50 bits per heavy atom. The maximum atomic E-state index is 13.1. The van der Waals surface area contributed by atoms with E-state index < -0.39 is 18.1 Å². The Hall–Kier alpha value is -2.20. The van der Waals surface area contributed by atoms with E-state index in [9.17, 15) is 30.7 Å². The molecule has 0 heterocycles. The fourth-order valence-corrected chi connectivity index (χ4v) is 2.68. The first kappa shape index (κ1) is 24.1. The summed E-state index contributed by atoms with van der Waals surface area (Å²) in [6.45, 7) is 2.03. The number of halogens is 9. The van der Waals surface area contributed by atoms with Gasteiger partial charge in [-0.1, -0.05) is 53.0 Å². The van der Waals surface area contributed by atoms with Gasteiger partial charge in [-0.3, -0.25) is 0 Å². The van der Waals surface area contributed by atoms with Gasteiger partial charge in [-0.25, -0.2) is 5.43 Å². The number of aryl methyl sites for hydroxylation is 1. The molecule has 0 aliphatic carbocycles. The smallest absolute Gasteiger partial charge is 0.462 e. The van der Waals surface area contributed by atoms with E-state index in [4.69, 9.17) is 27.9 Å². The highest BCUT2D eigenvalue weighted by Gasteiger charge is 2.73. The number of alkyl halides is 7. The zero-order valence-electron chi connectivity index (χ0n) is 15.0. The van der Waals surface area contributed by atoms with Crippen molar-refractivity contribution in [3.05, 3.63) is 63.1 Å². The predicted molar refractivity (Wildman–Crippen MR) is 98.7 cm³/mol. The van der Waals surface area contributed by atoms with E-state index in [1.165, 1.54) is 0 Å². The highest BCUT2D eigenvalue weighted by Crippen LogP contribution is 2.45. The van der Waals surface area contributed by atoms with Gasteiger partial charge in [0.15, 0.2) is 5.75 Å². The largest absolute Gasteiger partial charge is 0.486 e. The Labute approximate surface area is 176 Å². The summed E-state index contributed by atoms with van der Waals surface area (Å²) in [7, 11) is 0. The third-order valence-electron chi connectivity index (χ3n) is 3.69. The van der Waals surface area contributed by atoms with Gasteiger partial charge in [-0.2, -0.15) is 35.8 Å². The molecule has 2 rings (SSSR count). The molecule has 1 N–H and O–H groups in total. The van der Waals surface area contributed by atoms with Crippen LogP contribution in [0.4, 0.5) is 30.7 Å². The molecule has 0 aromatic heterocycles. The number of hydrogen-bond acceptors (Lipinski definition) is 3. The normalized spacial score (nSPS) is 13.0. The van der Waals surface area contributed by atoms with Gasteiger partial charge in [-0.05, 0) is 30.2 Å².